The van der Waals surface area contributed by atoms with Crippen molar-refractivity contribution in [3.8, 4) is 0 Å². The van der Waals surface area contributed by atoms with Crippen LogP contribution in [-0.4, -0.2) is 41.6 Å². The van der Waals surface area contributed by atoms with Gasteiger partial charge in [-0.2, -0.15) is 0 Å². The molecule has 2 amide bonds. The van der Waals surface area contributed by atoms with E-state index < -0.39 is 29.6 Å². The number of aliphatic carboxylic acids is 1. The molecule has 22 heavy (non-hydrogen) atoms. The van der Waals surface area contributed by atoms with E-state index in [9.17, 15) is 18.4 Å². The summed E-state index contributed by atoms with van der Waals surface area (Å²) in [6.07, 6.45) is 0.464. The third kappa shape index (κ3) is 3.52. The van der Waals surface area contributed by atoms with Gasteiger partial charge in [0.1, 0.15) is 11.6 Å². The summed E-state index contributed by atoms with van der Waals surface area (Å²) in [6.45, 7) is 1.56. The molecule has 1 aromatic carbocycles. The Morgan fingerprint density at radius 2 is 2.00 bits per heavy atom. The minimum atomic E-state index is -0.989. The van der Waals surface area contributed by atoms with Gasteiger partial charge < -0.3 is 15.3 Å². The molecule has 1 aliphatic rings. The van der Waals surface area contributed by atoms with Gasteiger partial charge in [0.2, 0.25) is 0 Å². The third-order valence-corrected chi connectivity index (χ3v) is 3.79. The molecule has 120 valence electrons. The standard InChI is InChI=1S/C15H18F2N2O3/c1-8(14(20)21)7-19(2)15(22)18-12-6-9(12)13-10(16)4-3-5-11(13)17/h3-5,8-9,12H,6-7H2,1-2H3,(H,18,22)(H,20,21)/t8?,9-,12-/m1/s1. The van der Waals surface area contributed by atoms with E-state index in [4.69, 9.17) is 5.11 Å². The molecule has 0 heterocycles. The molecule has 0 aliphatic heterocycles. The summed E-state index contributed by atoms with van der Waals surface area (Å²) in [5.41, 5.74) is -0.00522. The van der Waals surface area contributed by atoms with Gasteiger partial charge in [-0.05, 0) is 18.6 Å². The van der Waals surface area contributed by atoms with Crippen molar-refractivity contribution < 1.29 is 23.5 Å². The van der Waals surface area contributed by atoms with Crippen molar-refractivity contribution in [2.24, 2.45) is 5.92 Å². The molecule has 0 spiro atoms. The van der Waals surface area contributed by atoms with Crippen LogP contribution in [0.3, 0.4) is 0 Å². The molecule has 0 bridgehead atoms. The number of carbonyl (C=O) groups excluding carboxylic acids is 1. The lowest BCUT2D eigenvalue weighted by Gasteiger charge is -2.20. The molecule has 7 heteroatoms. The minimum absolute atomic E-state index is 0.00522. The Morgan fingerprint density at radius 1 is 1.41 bits per heavy atom. The number of nitrogens with zero attached hydrogens (tertiary/aromatic N) is 1. The average molecular weight is 312 g/mol. The highest BCUT2D eigenvalue weighted by Gasteiger charge is 2.43. The number of carbonyl (C=O) groups is 2. The van der Waals surface area contributed by atoms with Gasteiger partial charge in [0.15, 0.2) is 0 Å². The second-order valence-corrected chi connectivity index (χ2v) is 5.65. The van der Waals surface area contributed by atoms with Gasteiger partial charge in [0, 0.05) is 31.1 Å². The van der Waals surface area contributed by atoms with E-state index in [1.807, 2.05) is 0 Å². The summed E-state index contributed by atoms with van der Waals surface area (Å²) in [6, 6.07) is 2.90. The third-order valence-electron chi connectivity index (χ3n) is 3.79. The number of nitrogens with one attached hydrogen (secondary N) is 1. The van der Waals surface area contributed by atoms with E-state index in [1.54, 1.807) is 0 Å². The molecule has 1 saturated carbocycles. The molecule has 2 N–H and O–H groups in total. The van der Waals surface area contributed by atoms with E-state index >= 15 is 0 Å². The molecule has 5 nitrogen and oxygen atoms in total. The number of hydrogen-bond acceptors (Lipinski definition) is 2. The van der Waals surface area contributed by atoms with E-state index in [0.717, 1.165) is 0 Å². The molecule has 1 fully saturated rings. The molecule has 2 rings (SSSR count). The molecule has 1 aliphatic carbocycles. The Balaban J connectivity index is 1.91. The summed E-state index contributed by atoms with van der Waals surface area (Å²) in [5.74, 6) is -3.29. The topological polar surface area (TPSA) is 69.6 Å². The highest BCUT2D eigenvalue weighted by molar-refractivity contribution is 5.76. The Morgan fingerprint density at radius 3 is 2.55 bits per heavy atom. The van der Waals surface area contributed by atoms with Crippen molar-refractivity contribution in [1.29, 1.82) is 0 Å². The van der Waals surface area contributed by atoms with Gasteiger partial charge >= 0.3 is 12.0 Å². The Bertz CT molecular complexity index is 574. The predicted molar refractivity (Wildman–Crippen MR) is 75.5 cm³/mol. The summed E-state index contributed by atoms with van der Waals surface area (Å²) in [4.78, 5) is 24.0. The number of hydrogen-bond donors (Lipinski definition) is 2. The maximum atomic E-state index is 13.6. The number of urea groups is 1. The fourth-order valence-corrected chi connectivity index (χ4v) is 2.38. The van der Waals surface area contributed by atoms with Gasteiger partial charge in [0.05, 0.1) is 5.92 Å². The number of carboxylic acids is 1. The normalized spacial score (nSPS) is 21.1. The molecule has 1 unspecified atom stereocenters. The predicted octanol–water partition coefficient (Wildman–Crippen LogP) is 2.18. The lowest BCUT2D eigenvalue weighted by molar-refractivity contribution is -0.141. The molecule has 0 aromatic heterocycles. The first kappa shape index (κ1) is 16.2. The van der Waals surface area contributed by atoms with Crippen LogP contribution in [0, 0.1) is 17.6 Å². The highest BCUT2D eigenvalue weighted by atomic mass is 19.1. The summed E-state index contributed by atoms with van der Waals surface area (Å²) in [5, 5.41) is 11.5. The lowest BCUT2D eigenvalue weighted by Crippen LogP contribution is -2.42. The van der Waals surface area contributed by atoms with Crippen molar-refractivity contribution >= 4 is 12.0 Å². The molecular formula is C15H18F2N2O3. The SMILES string of the molecule is CC(CN(C)C(=O)N[C@@H]1C[C@H]1c1c(F)cccc1F)C(=O)O. The van der Waals surface area contributed by atoms with Crippen LogP contribution in [0.15, 0.2) is 18.2 Å². The Kier molecular flexibility index (Phi) is 4.63. The van der Waals surface area contributed by atoms with Crippen molar-refractivity contribution in [3.05, 3.63) is 35.4 Å². The van der Waals surface area contributed by atoms with Crippen molar-refractivity contribution in [2.45, 2.75) is 25.3 Å². The summed E-state index contributed by atoms with van der Waals surface area (Å²) >= 11 is 0. The van der Waals surface area contributed by atoms with E-state index in [-0.39, 0.29) is 24.1 Å². The van der Waals surface area contributed by atoms with Gasteiger partial charge in [-0.15, -0.1) is 0 Å². The first-order valence-electron chi connectivity index (χ1n) is 6.99. The number of amides is 2. The summed E-state index contributed by atoms with van der Waals surface area (Å²) in [7, 11) is 1.48. The van der Waals surface area contributed by atoms with Crippen LogP contribution in [0.5, 0.6) is 0 Å². The maximum absolute atomic E-state index is 13.6. The zero-order valence-corrected chi connectivity index (χ0v) is 12.3. The van der Waals surface area contributed by atoms with Crippen molar-refractivity contribution in [2.75, 3.05) is 13.6 Å². The van der Waals surface area contributed by atoms with E-state index in [1.165, 1.54) is 37.1 Å². The number of halogens is 2. The second-order valence-electron chi connectivity index (χ2n) is 5.65. The van der Waals surface area contributed by atoms with Gasteiger partial charge in [0.25, 0.3) is 0 Å². The van der Waals surface area contributed by atoms with Crippen LogP contribution >= 0.6 is 0 Å². The molecular weight excluding hydrogens is 294 g/mol. The van der Waals surface area contributed by atoms with Crippen LogP contribution in [-0.2, 0) is 4.79 Å². The van der Waals surface area contributed by atoms with Crippen LogP contribution in [0.25, 0.3) is 0 Å². The summed E-state index contributed by atoms with van der Waals surface area (Å²) < 4.78 is 27.3. The number of benzene rings is 1. The first-order valence-corrected chi connectivity index (χ1v) is 6.99. The molecule has 3 atom stereocenters. The Hall–Kier alpha value is -2.18. The molecule has 0 saturated heterocycles. The van der Waals surface area contributed by atoms with Crippen molar-refractivity contribution in [1.82, 2.24) is 10.2 Å². The minimum Gasteiger partial charge on any atom is -0.481 e. The maximum Gasteiger partial charge on any atom is 0.317 e. The molecule has 1 aromatic rings. The Labute approximate surface area is 126 Å². The van der Waals surface area contributed by atoms with Crippen LogP contribution in [0.1, 0.15) is 24.8 Å². The monoisotopic (exact) mass is 312 g/mol. The van der Waals surface area contributed by atoms with E-state index in [2.05, 4.69) is 5.32 Å². The number of rotatable bonds is 5. The highest BCUT2D eigenvalue weighted by Crippen LogP contribution is 2.43. The average Bonchev–Trinajstić information content (AvgIpc) is 3.17. The van der Waals surface area contributed by atoms with Crippen molar-refractivity contribution in [3.63, 3.8) is 0 Å². The van der Waals surface area contributed by atoms with Crippen LogP contribution < -0.4 is 5.32 Å². The zero-order chi connectivity index (χ0) is 16.4. The quantitative estimate of drug-likeness (QED) is 0.875. The fraction of sp³-hybridized carbons (Fsp3) is 0.467. The molecule has 0 radical (unpaired) electrons. The lowest BCUT2D eigenvalue weighted by atomic mass is 10.1. The van der Waals surface area contributed by atoms with Gasteiger partial charge in [-0.3, -0.25) is 4.79 Å². The largest absolute Gasteiger partial charge is 0.481 e. The van der Waals surface area contributed by atoms with Gasteiger partial charge in [-0.1, -0.05) is 13.0 Å². The smallest absolute Gasteiger partial charge is 0.317 e. The second kappa shape index (κ2) is 6.29. The zero-order valence-electron chi connectivity index (χ0n) is 12.3. The van der Waals surface area contributed by atoms with Gasteiger partial charge in [-0.25, -0.2) is 13.6 Å². The van der Waals surface area contributed by atoms with Crippen LogP contribution in [0.4, 0.5) is 13.6 Å². The first-order chi connectivity index (χ1) is 10.3. The number of carboxylic acid groups (broad SMARTS) is 1. The fourth-order valence-electron chi connectivity index (χ4n) is 2.38. The van der Waals surface area contributed by atoms with Crippen LogP contribution in [0.2, 0.25) is 0 Å². The van der Waals surface area contributed by atoms with E-state index in [0.29, 0.717) is 6.42 Å².